The van der Waals surface area contributed by atoms with E-state index in [0.717, 1.165) is 18.8 Å². The van der Waals surface area contributed by atoms with Crippen LogP contribution in [-0.2, 0) is 6.54 Å². The third kappa shape index (κ3) is 3.83. The highest BCUT2D eigenvalue weighted by molar-refractivity contribution is 6.28. The second-order valence-corrected chi connectivity index (χ2v) is 3.72. The number of rotatable bonds is 5. The molecule has 0 aliphatic heterocycles. The Kier molecular flexibility index (Phi) is 4.33. The summed E-state index contributed by atoms with van der Waals surface area (Å²) in [5.41, 5.74) is 0. The minimum atomic E-state index is 0.459. The van der Waals surface area contributed by atoms with E-state index in [9.17, 15) is 0 Å². The zero-order chi connectivity index (χ0) is 9.68. The van der Waals surface area contributed by atoms with Gasteiger partial charge in [0.25, 0.3) is 0 Å². The Labute approximate surface area is 84.3 Å². The van der Waals surface area contributed by atoms with Crippen molar-refractivity contribution in [1.82, 2.24) is 5.32 Å². The molecular formula is C10H16ClNO. The molecule has 3 heteroatoms. The Balaban J connectivity index is 2.20. The summed E-state index contributed by atoms with van der Waals surface area (Å²) in [7, 11) is 0. The molecule has 0 fully saturated rings. The second-order valence-electron chi connectivity index (χ2n) is 3.35. The lowest BCUT2D eigenvalue weighted by Crippen LogP contribution is -2.19. The van der Waals surface area contributed by atoms with Crippen LogP contribution < -0.4 is 5.32 Å². The quantitative estimate of drug-likeness (QED) is 0.792. The standard InChI is InChI=1S/C10H16ClNO/c1-3-8(2)6-12-7-9-4-5-10(11)13-9/h4-5,8,12H,3,6-7H2,1-2H3. The van der Waals surface area contributed by atoms with Crippen LogP contribution in [0.3, 0.4) is 0 Å². The Bertz CT molecular complexity index is 247. The fraction of sp³-hybridized carbons (Fsp3) is 0.600. The molecule has 0 spiro atoms. The minimum absolute atomic E-state index is 0.459. The van der Waals surface area contributed by atoms with Crippen LogP contribution in [-0.4, -0.2) is 6.54 Å². The summed E-state index contributed by atoms with van der Waals surface area (Å²) in [6.07, 6.45) is 1.20. The lowest BCUT2D eigenvalue weighted by molar-refractivity contribution is 0.449. The number of halogens is 1. The fourth-order valence-corrected chi connectivity index (χ4v) is 1.19. The highest BCUT2D eigenvalue weighted by Crippen LogP contribution is 2.12. The SMILES string of the molecule is CCC(C)CNCc1ccc(Cl)o1. The minimum Gasteiger partial charge on any atom is -0.448 e. The van der Waals surface area contributed by atoms with Gasteiger partial charge in [0.15, 0.2) is 5.22 Å². The fourth-order valence-electron chi connectivity index (χ4n) is 1.03. The van der Waals surface area contributed by atoms with E-state index >= 15 is 0 Å². The molecule has 0 saturated heterocycles. The van der Waals surface area contributed by atoms with Crippen molar-refractivity contribution in [3.63, 3.8) is 0 Å². The highest BCUT2D eigenvalue weighted by atomic mass is 35.5. The van der Waals surface area contributed by atoms with E-state index in [1.807, 2.05) is 6.07 Å². The molecule has 1 heterocycles. The Morgan fingerprint density at radius 2 is 2.31 bits per heavy atom. The van der Waals surface area contributed by atoms with Crippen LogP contribution in [0.1, 0.15) is 26.0 Å². The summed E-state index contributed by atoms with van der Waals surface area (Å²) in [6.45, 7) is 6.20. The van der Waals surface area contributed by atoms with Crippen LogP contribution in [0.15, 0.2) is 16.5 Å². The molecule has 13 heavy (non-hydrogen) atoms. The van der Waals surface area contributed by atoms with Crippen molar-refractivity contribution in [2.45, 2.75) is 26.8 Å². The predicted molar refractivity (Wildman–Crippen MR) is 54.9 cm³/mol. The largest absolute Gasteiger partial charge is 0.448 e. The van der Waals surface area contributed by atoms with Gasteiger partial charge in [-0.3, -0.25) is 0 Å². The Hall–Kier alpha value is -0.470. The van der Waals surface area contributed by atoms with Gasteiger partial charge in [-0.2, -0.15) is 0 Å². The van der Waals surface area contributed by atoms with E-state index < -0.39 is 0 Å². The van der Waals surface area contributed by atoms with E-state index in [-0.39, 0.29) is 0 Å². The molecule has 1 aromatic heterocycles. The Morgan fingerprint density at radius 1 is 1.54 bits per heavy atom. The summed E-state index contributed by atoms with van der Waals surface area (Å²) >= 11 is 5.63. The summed E-state index contributed by atoms with van der Waals surface area (Å²) in [4.78, 5) is 0. The van der Waals surface area contributed by atoms with Gasteiger partial charge < -0.3 is 9.73 Å². The number of hydrogen-bond acceptors (Lipinski definition) is 2. The van der Waals surface area contributed by atoms with Crippen LogP contribution in [0.25, 0.3) is 0 Å². The molecule has 1 atom stereocenters. The van der Waals surface area contributed by atoms with Crippen molar-refractivity contribution in [3.05, 3.63) is 23.1 Å². The summed E-state index contributed by atoms with van der Waals surface area (Å²) < 4.78 is 5.20. The first kappa shape index (κ1) is 10.6. The summed E-state index contributed by atoms with van der Waals surface area (Å²) in [5, 5.41) is 3.77. The van der Waals surface area contributed by atoms with E-state index in [1.165, 1.54) is 6.42 Å². The van der Waals surface area contributed by atoms with Crippen molar-refractivity contribution in [2.24, 2.45) is 5.92 Å². The number of furan rings is 1. The van der Waals surface area contributed by atoms with Gasteiger partial charge >= 0.3 is 0 Å². The third-order valence-electron chi connectivity index (χ3n) is 2.12. The predicted octanol–water partition coefficient (Wildman–Crippen LogP) is 3.07. The van der Waals surface area contributed by atoms with Gasteiger partial charge in [0.2, 0.25) is 0 Å². The van der Waals surface area contributed by atoms with Crippen LogP contribution in [0.5, 0.6) is 0 Å². The summed E-state index contributed by atoms with van der Waals surface area (Å²) in [6, 6.07) is 3.66. The van der Waals surface area contributed by atoms with Crippen molar-refractivity contribution in [3.8, 4) is 0 Å². The maximum atomic E-state index is 5.63. The first-order chi connectivity index (χ1) is 6.22. The smallest absolute Gasteiger partial charge is 0.193 e. The van der Waals surface area contributed by atoms with Gasteiger partial charge in [-0.15, -0.1) is 0 Å². The molecule has 74 valence electrons. The van der Waals surface area contributed by atoms with Gasteiger partial charge in [-0.05, 0) is 36.2 Å². The lowest BCUT2D eigenvalue weighted by Gasteiger charge is -2.08. The van der Waals surface area contributed by atoms with Crippen molar-refractivity contribution in [2.75, 3.05) is 6.54 Å². The Morgan fingerprint density at radius 3 is 2.85 bits per heavy atom. The van der Waals surface area contributed by atoms with E-state index in [0.29, 0.717) is 11.1 Å². The average Bonchev–Trinajstić information content (AvgIpc) is 2.51. The normalized spacial score (nSPS) is 13.2. The molecule has 0 aliphatic rings. The average molecular weight is 202 g/mol. The van der Waals surface area contributed by atoms with E-state index in [2.05, 4.69) is 19.2 Å². The van der Waals surface area contributed by atoms with Gasteiger partial charge in [0.1, 0.15) is 5.76 Å². The summed E-state index contributed by atoms with van der Waals surface area (Å²) in [5.74, 6) is 1.61. The highest BCUT2D eigenvalue weighted by Gasteiger charge is 2.00. The molecule has 0 aromatic carbocycles. The van der Waals surface area contributed by atoms with Gasteiger partial charge in [-0.1, -0.05) is 20.3 Å². The van der Waals surface area contributed by atoms with Crippen LogP contribution in [0.2, 0.25) is 5.22 Å². The number of hydrogen-bond donors (Lipinski definition) is 1. The molecule has 2 nitrogen and oxygen atoms in total. The maximum absolute atomic E-state index is 5.63. The molecule has 0 amide bonds. The number of nitrogens with one attached hydrogen (secondary N) is 1. The van der Waals surface area contributed by atoms with Gasteiger partial charge in [0.05, 0.1) is 6.54 Å². The van der Waals surface area contributed by atoms with Gasteiger partial charge in [0, 0.05) is 0 Å². The molecule has 1 aromatic rings. The van der Waals surface area contributed by atoms with Crippen LogP contribution in [0, 0.1) is 5.92 Å². The molecule has 0 bridgehead atoms. The molecule has 0 radical (unpaired) electrons. The molecular weight excluding hydrogens is 186 g/mol. The second kappa shape index (κ2) is 5.30. The molecule has 0 saturated carbocycles. The van der Waals surface area contributed by atoms with Crippen LogP contribution >= 0.6 is 11.6 Å². The van der Waals surface area contributed by atoms with E-state index in [1.54, 1.807) is 6.07 Å². The first-order valence-electron chi connectivity index (χ1n) is 4.67. The zero-order valence-corrected chi connectivity index (χ0v) is 8.90. The van der Waals surface area contributed by atoms with Crippen molar-refractivity contribution in [1.29, 1.82) is 0 Å². The third-order valence-corrected chi connectivity index (χ3v) is 2.32. The van der Waals surface area contributed by atoms with Crippen molar-refractivity contribution >= 4 is 11.6 Å². The molecule has 1 rings (SSSR count). The van der Waals surface area contributed by atoms with Gasteiger partial charge in [-0.25, -0.2) is 0 Å². The molecule has 1 N–H and O–H groups in total. The van der Waals surface area contributed by atoms with E-state index in [4.69, 9.17) is 16.0 Å². The molecule has 0 aliphatic carbocycles. The maximum Gasteiger partial charge on any atom is 0.193 e. The monoisotopic (exact) mass is 201 g/mol. The van der Waals surface area contributed by atoms with Crippen LogP contribution in [0.4, 0.5) is 0 Å². The lowest BCUT2D eigenvalue weighted by atomic mass is 10.1. The first-order valence-corrected chi connectivity index (χ1v) is 5.05. The zero-order valence-electron chi connectivity index (χ0n) is 8.14. The molecule has 1 unspecified atom stereocenters. The topological polar surface area (TPSA) is 25.2 Å². The van der Waals surface area contributed by atoms with Crippen molar-refractivity contribution < 1.29 is 4.42 Å².